The third-order valence-electron chi connectivity index (χ3n) is 3.67. The van der Waals surface area contributed by atoms with Gasteiger partial charge in [0.05, 0.1) is 5.56 Å². The smallest absolute Gasteiger partial charge is 0.335 e. The van der Waals surface area contributed by atoms with Crippen LogP contribution in [0.1, 0.15) is 43.0 Å². The first-order valence-corrected chi connectivity index (χ1v) is 6.30. The van der Waals surface area contributed by atoms with Crippen molar-refractivity contribution in [3.05, 3.63) is 29.8 Å². The van der Waals surface area contributed by atoms with Crippen molar-refractivity contribution in [3.8, 4) is 0 Å². The van der Waals surface area contributed by atoms with Gasteiger partial charge in [0.15, 0.2) is 0 Å². The topological polar surface area (TPSA) is 49.3 Å². The molecule has 3 nitrogen and oxygen atoms in total. The quantitative estimate of drug-likeness (QED) is 0.838. The van der Waals surface area contributed by atoms with Gasteiger partial charge >= 0.3 is 5.97 Å². The van der Waals surface area contributed by atoms with Crippen molar-refractivity contribution in [2.45, 2.75) is 38.6 Å². The molecular formula is C14H19NO2. The number of nitrogens with one attached hydrogen (secondary N) is 1. The van der Waals surface area contributed by atoms with Crippen LogP contribution in [0.4, 0.5) is 5.69 Å². The summed E-state index contributed by atoms with van der Waals surface area (Å²) in [5.41, 5.74) is 1.37. The van der Waals surface area contributed by atoms with Crippen molar-refractivity contribution in [2.24, 2.45) is 5.92 Å². The Morgan fingerprint density at radius 2 is 2.06 bits per heavy atom. The predicted octanol–water partition coefficient (Wildman–Crippen LogP) is 3.38. The lowest BCUT2D eigenvalue weighted by Gasteiger charge is -2.20. The van der Waals surface area contributed by atoms with E-state index in [1.54, 1.807) is 12.1 Å². The van der Waals surface area contributed by atoms with E-state index in [0.717, 1.165) is 11.6 Å². The third-order valence-corrected chi connectivity index (χ3v) is 3.67. The van der Waals surface area contributed by atoms with E-state index in [2.05, 4.69) is 12.2 Å². The lowest BCUT2D eigenvalue weighted by atomic mass is 10.0. The number of carboxylic acid groups (broad SMARTS) is 1. The minimum atomic E-state index is -0.871. The van der Waals surface area contributed by atoms with Gasteiger partial charge in [0.25, 0.3) is 0 Å². The molecule has 0 saturated heterocycles. The third kappa shape index (κ3) is 2.78. The van der Waals surface area contributed by atoms with E-state index in [4.69, 9.17) is 5.11 Å². The maximum atomic E-state index is 10.7. The molecule has 1 saturated carbocycles. The van der Waals surface area contributed by atoms with Crippen LogP contribution in [0.2, 0.25) is 0 Å². The van der Waals surface area contributed by atoms with Crippen molar-refractivity contribution < 1.29 is 9.90 Å². The number of aromatic carboxylic acids is 1. The van der Waals surface area contributed by atoms with Crippen LogP contribution < -0.4 is 5.32 Å². The molecule has 1 aromatic carbocycles. The average Bonchev–Trinajstić information content (AvgIpc) is 2.77. The number of carboxylic acids is 1. The Hall–Kier alpha value is -1.51. The van der Waals surface area contributed by atoms with Crippen molar-refractivity contribution in [1.82, 2.24) is 0 Å². The Labute approximate surface area is 102 Å². The molecule has 17 heavy (non-hydrogen) atoms. The molecule has 1 fully saturated rings. The second-order valence-corrected chi connectivity index (χ2v) is 4.73. The van der Waals surface area contributed by atoms with E-state index < -0.39 is 5.97 Å². The Morgan fingerprint density at radius 3 is 2.65 bits per heavy atom. The molecule has 2 N–H and O–H groups in total. The van der Waals surface area contributed by atoms with E-state index >= 15 is 0 Å². The van der Waals surface area contributed by atoms with Gasteiger partial charge in [-0.1, -0.05) is 19.8 Å². The zero-order valence-corrected chi connectivity index (χ0v) is 10.1. The van der Waals surface area contributed by atoms with Gasteiger partial charge in [0.1, 0.15) is 0 Å². The molecule has 2 atom stereocenters. The summed E-state index contributed by atoms with van der Waals surface area (Å²) in [6.45, 7) is 2.23. The molecule has 2 unspecified atom stereocenters. The van der Waals surface area contributed by atoms with Crippen LogP contribution in [0.15, 0.2) is 24.3 Å². The van der Waals surface area contributed by atoms with Crippen LogP contribution in [0.3, 0.4) is 0 Å². The molecule has 1 aromatic rings. The highest BCUT2D eigenvalue weighted by Gasteiger charge is 2.25. The highest BCUT2D eigenvalue weighted by Crippen LogP contribution is 2.30. The predicted molar refractivity (Wildman–Crippen MR) is 68.4 cm³/mol. The minimum absolute atomic E-state index is 0.342. The number of hydrogen-bond acceptors (Lipinski definition) is 2. The molecule has 0 radical (unpaired) electrons. The van der Waals surface area contributed by atoms with Crippen molar-refractivity contribution >= 4 is 11.7 Å². The van der Waals surface area contributed by atoms with Gasteiger partial charge in [-0.15, -0.1) is 0 Å². The summed E-state index contributed by atoms with van der Waals surface area (Å²) in [5.74, 6) is -0.113. The molecule has 2 rings (SSSR count). The Bertz CT molecular complexity index is 386. The largest absolute Gasteiger partial charge is 0.478 e. The van der Waals surface area contributed by atoms with E-state index in [1.807, 2.05) is 12.1 Å². The van der Waals surface area contributed by atoms with E-state index in [0.29, 0.717) is 11.6 Å². The molecule has 0 aromatic heterocycles. The lowest BCUT2D eigenvalue weighted by Crippen LogP contribution is -2.23. The normalized spacial score (nSPS) is 23.6. The van der Waals surface area contributed by atoms with Gasteiger partial charge in [-0.2, -0.15) is 0 Å². The molecular weight excluding hydrogens is 214 g/mol. The SMILES string of the molecule is CCC1CCCC1Nc1ccc(C(=O)O)cc1. The zero-order chi connectivity index (χ0) is 12.3. The van der Waals surface area contributed by atoms with Crippen LogP contribution in [-0.4, -0.2) is 17.1 Å². The maximum absolute atomic E-state index is 10.7. The molecule has 0 amide bonds. The molecule has 1 aliphatic rings. The first-order chi connectivity index (χ1) is 8.20. The zero-order valence-electron chi connectivity index (χ0n) is 10.1. The number of carbonyl (C=O) groups is 1. The second kappa shape index (κ2) is 5.21. The minimum Gasteiger partial charge on any atom is -0.478 e. The fraction of sp³-hybridized carbons (Fsp3) is 0.500. The van der Waals surface area contributed by atoms with Gasteiger partial charge in [0.2, 0.25) is 0 Å². The van der Waals surface area contributed by atoms with Crippen LogP contribution in [0, 0.1) is 5.92 Å². The highest BCUT2D eigenvalue weighted by atomic mass is 16.4. The number of rotatable bonds is 4. The Morgan fingerprint density at radius 1 is 1.35 bits per heavy atom. The molecule has 1 aliphatic carbocycles. The van der Waals surface area contributed by atoms with E-state index in [1.165, 1.54) is 25.7 Å². The van der Waals surface area contributed by atoms with Gasteiger partial charge in [-0.05, 0) is 43.0 Å². The maximum Gasteiger partial charge on any atom is 0.335 e. The summed E-state index contributed by atoms with van der Waals surface area (Å²) in [7, 11) is 0. The van der Waals surface area contributed by atoms with Crippen molar-refractivity contribution in [3.63, 3.8) is 0 Å². The summed E-state index contributed by atoms with van der Waals surface area (Å²) in [4.78, 5) is 10.7. The van der Waals surface area contributed by atoms with Crippen LogP contribution in [-0.2, 0) is 0 Å². The molecule has 92 valence electrons. The standard InChI is InChI=1S/C14H19NO2/c1-2-10-4-3-5-13(10)15-12-8-6-11(7-9-12)14(16)17/h6-10,13,15H,2-5H2,1H3,(H,16,17). The summed E-state index contributed by atoms with van der Waals surface area (Å²) < 4.78 is 0. The van der Waals surface area contributed by atoms with Gasteiger partial charge < -0.3 is 10.4 Å². The first-order valence-electron chi connectivity index (χ1n) is 6.30. The lowest BCUT2D eigenvalue weighted by molar-refractivity contribution is 0.0697. The molecule has 0 spiro atoms. The van der Waals surface area contributed by atoms with E-state index in [9.17, 15) is 4.79 Å². The summed E-state index contributed by atoms with van der Waals surface area (Å²) in [6.07, 6.45) is 5.04. The van der Waals surface area contributed by atoms with Gasteiger partial charge in [-0.25, -0.2) is 4.79 Å². The summed E-state index contributed by atoms with van der Waals surface area (Å²) in [5, 5.41) is 12.3. The fourth-order valence-electron chi connectivity index (χ4n) is 2.64. The molecule has 3 heteroatoms. The highest BCUT2D eigenvalue weighted by molar-refractivity contribution is 5.87. The fourth-order valence-corrected chi connectivity index (χ4v) is 2.64. The average molecular weight is 233 g/mol. The van der Waals surface area contributed by atoms with Crippen molar-refractivity contribution in [2.75, 3.05) is 5.32 Å². The number of benzene rings is 1. The van der Waals surface area contributed by atoms with Crippen molar-refractivity contribution in [1.29, 1.82) is 0 Å². The Balaban J connectivity index is 2.01. The monoisotopic (exact) mass is 233 g/mol. The van der Waals surface area contributed by atoms with E-state index in [-0.39, 0.29) is 0 Å². The van der Waals surface area contributed by atoms with Gasteiger partial charge in [0, 0.05) is 11.7 Å². The van der Waals surface area contributed by atoms with Gasteiger partial charge in [-0.3, -0.25) is 0 Å². The molecule has 0 heterocycles. The Kier molecular flexibility index (Phi) is 3.67. The van der Waals surface area contributed by atoms with Crippen LogP contribution >= 0.6 is 0 Å². The molecule has 0 bridgehead atoms. The summed E-state index contributed by atoms with van der Waals surface area (Å²) >= 11 is 0. The van der Waals surface area contributed by atoms with Crippen LogP contribution in [0.25, 0.3) is 0 Å². The number of hydrogen-bond donors (Lipinski definition) is 2. The number of anilines is 1. The first kappa shape index (κ1) is 12.0. The second-order valence-electron chi connectivity index (χ2n) is 4.73. The molecule has 0 aliphatic heterocycles. The summed E-state index contributed by atoms with van der Waals surface area (Å²) in [6, 6.07) is 7.57. The van der Waals surface area contributed by atoms with Crippen LogP contribution in [0.5, 0.6) is 0 Å².